The van der Waals surface area contributed by atoms with E-state index in [4.69, 9.17) is 0 Å². The van der Waals surface area contributed by atoms with Gasteiger partial charge in [-0.15, -0.1) is 0 Å². The van der Waals surface area contributed by atoms with Crippen molar-refractivity contribution in [1.82, 2.24) is 20.4 Å². The van der Waals surface area contributed by atoms with Crippen molar-refractivity contribution in [1.29, 1.82) is 0 Å². The predicted octanol–water partition coefficient (Wildman–Crippen LogP) is 0.944. The van der Waals surface area contributed by atoms with Crippen molar-refractivity contribution in [2.24, 2.45) is 0 Å². The molecule has 2 aromatic rings. The summed E-state index contributed by atoms with van der Waals surface area (Å²) in [5.41, 5.74) is 0.226. The van der Waals surface area contributed by atoms with E-state index in [2.05, 4.69) is 15.5 Å². The van der Waals surface area contributed by atoms with E-state index in [9.17, 15) is 18.8 Å². The van der Waals surface area contributed by atoms with Gasteiger partial charge >= 0.3 is 0 Å². The van der Waals surface area contributed by atoms with E-state index in [0.29, 0.717) is 31.5 Å². The third-order valence-corrected chi connectivity index (χ3v) is 4.12. The highest BCUT2D eigenvalue weighted by Crippen LogP contribution is 2.13. The fourth-order valence-electron chi connectivity index (χ4n) is 2.72. The van der Waals surface area contributed by atoms with Crippen LogP contribution in [0, 0.1) is 5.82 Å². The number of aromatic nitrogens is 2. The first-order valence-corrected chi connectivity index (χ1v) is 7.94. The predicted molar refractivity (Wildman–Crippen MR) is 87.6 cm³/mol. The molecule has 0 bridgehead atoms. The molecule has 1 saturated heterocycles. The Bertz CT molecular complexity index is 806. The Balaban J connectivity index is 1.54. The number of hydrogen-bond donors (Lipinski definition) is 2. The van der Waals surface area contributed by atoms with E-state index in [1.165, 1.54) is 36.4 Å². The maximum Gasteiger partial charge on any atom is 0.274 e. The Hall–Kier alpha value is -3.03. The van der Waals surface area contributed by atoms with Crippen LogP contribution in [0.5, 0.6) is 0 Å². The van der Waals surface area contributed by atoms with Crippen LogP contribution in [-0.4, -0.2) is 46.0 Å². The molecule has 1 aromatic carbocycles. The second-order valence-electron chi connectivity index (χ2n) is 5.85. The smallest absolute Gasteiger partial charge is 0.274 e. The Morgan fingerprint density at radius 3 is 2.40 bits per heavy atom. The summed E-state index contributed by atoms with van der Waals surface area (Å²) < 4.78 is 12.9. The van der Waals surface area contributed by atoms with Crippen LogP contribution in [0.1, 0.15) is 33.7 Å². The molecule has 2 heterocycles. The Kier molecular flexibility index (Phi) is 4.87. The van der Waals surface area contributed by atoms with Crippen LogP contribution in [-0.2, 0) is 0 Å². The molecule has 1 aliphatic rings. The monoisotopic (exact) mass is 344 g/mol. The third-order valence-electron chi connectivity index (χ3n) is 4.12. The lowest BCUT2D eigenvalue weighted by molar-refractivity contribution is 0.0691. The summed E-state index contributed by atoms with van der Waals surface area (Å²) >= 11 is 0. The minimum Gasteiger partial charge on any atom is -0.349 e. The van der Waals surface area contributed by atoms with Gasteiger partial charge in [0.05, 0.1) is 0 Å². The average molecular weight is 344 g/mol. The first-order valence-electron chi connectivity index (χ1n) is 7.94. The highest BCUT2D eigenvalue weighted by molar-refractivity contribution is 5.94. The van der Waals surface area contributed by atoms with E-state index in [1.54, 1.807) is 4.90 Å². The summed E-state index contributed by atoms with van der Waals surface area (Å²) in [6, 6.07) is 7.96. The number of carbonyl (C=O) groups excluding carboxylic acids is 2. The molecule has 0 radical (unpaired) electrons. The summed E-state index contributed by atoms with van der Waals surface area (Å²) in [7, 11) is 0. The zero-order valence-electron chi connectivity index (χ0n) is 13.4. The number of rotatable bonds is 3. The van der Waals surface area contributed by atoms with Crippen molar-refractivity contribution >= 4 is 11.8 Å². The maximum absolute atomic E-state index is 12.9. The van der Waals surface area contributed by atoms with Gasteiger partial charge in [0.25, 0.3) is 17.4 Å². The molecule has 1 fully saturated rings. The number of amides is 2. The molecular formula is C17H17FN4O3. The Labute approximate surface area is 142 Å². The van der Waals surface area contributed by atoms with E-state index < -0.39 is 0 Å². The molecule has 0 saturated carbocycles. The number of nitrogens with zero attached hydrogens (tertiary/aromatic N) is 2. The molecule has 0 unspecified atom stereocenters. The largest absolute Gasteiger partial charge is 0.349 e. The van der Waals surface area contributed by atoms with Gasteiger partial charge in [-0.25, -0.2) is 9.49 Å². The summed E-state index contributed by atoms with van der Waals surface area (Å²) in [6.07, 6.45) is 1.23. The molecular weight excluding hydrogens is 327 g/mol. The van der Waals surface area contributed by atoms with Crippen molar-refractivity contribution in [3.63, 3.8) is 0 Å². The number of piperidine rings is 1. The van der Waals surface area contributed by atoms with Gasteiger partial charge in [0.15, 0.2) is 0 Å². The van der Waals surface area contributed by atoms with Crippen LogP contribution < -0.4 is 10.9 Å². The molecule has 130 valence electrons. The van der Waals surface area contributed by atoms with Crippen LogP contribution in [0.2, 0.25) is 0 Å². The highest BCUT2D eigenvalue weighted by Gasteiger charge is 2.25. The fraction of sp³-hybridized carbons (Fsp3) is 0.294. The minimum atomic E-state index is -0.390. The molecule has 1 aromatic heterocycles. The average Bonchev–Trinajstić information content (AvgIpc) is 2.63. The molecule has 2 N–H and O–H groups in total. The summed E-state index contributed by atoms with van der Waals surface area (Å²) in [6.45, 7) is 0.960. The lowest BCUT2D eigenvalue weighted by atomic mass is 10.0. The second kappa shape index (κ2) is 7.25. The van der Waals surface area contributed by atoms with E-state index in [1.807, 2.05) is 0 Å². The van der Waals surface area contributed by atoms with Gasteiger partial charge < -0.3 is 10.2 Å². The minimum absolute atomic E-state index is 0.0508. The van der Waals surface area contributed by atoms with E-state index in [0.717, 1.165) is 0 Å². The van der Waals surface area contributed by atoms with Crippen molar-refractivity contribution in [2.45, 2.75) is 18.9 Å². The van der Waals surface area contributed by atoms with Gasteiger partial charge in [0, 0.05) is 30.8 Å². The number of nitrogens with one attached hydrogen (secondary N) is 2. The third kappa shape index (κ3) is 4.09. The number of hydrogen-bond acceptors (Lipinski definition) is 4. The Morgan fingerprint density at radius 1 is 1.12 bits per heavy atom. The van der Waals surface area contributed by atoms with Gasteiger partial charge in [-0.3, -0.25) is 14.4 Å². The Morgan fingerprint density at radius 2 is 1.80 bits per heavy atom. The van der Waals surface area contributed by atoms with Gasteiger partial charge in [-0.05, 0) is 43.2 Å². The van der Waals surface area contributed by atoms with Gasteiger partial charge in [-0.1, -0.05) is 0 Å². The standard InChI is InChI=1S/C17H17FN4O3/c18-12-3-1-11(2-4-12)16(24)19-13-7-9-22(10-8-13)17(25)14-5-6-15(23)21-20-14/h1-6,13H,7-10H2,(H,19,24)(H,21,23). The topological polar surface area (TPSA) is 95.2 Å². The normalized spacial score (nSPS) is 15.0. The first kappa shape index (κ1) is 16.8. The van der Waals surface area contributed by atoms with Crippen molar-refractivity contribution in [3.8, 4) is 0 Å². The van der Waals surface area contributed by atoms with Gasteiger partial charge in [0.1, 0.15) is 11.5 Å². The molecule has 3 rings (SSSR count). The SMILES string of the molecule is O=C(NC1CCN(C(=O)c2ccc(=O)[nH]n2)CC1)c1ccc(F)cc1. The molecule has 0 aliphatic carbocycles. The van der Waals surface area contributed by atoms with Crippen LogP contribution >= 0.6 is 0 Å². The highest BCUT2D eigenvalue weighted by atomic mass is 19.1. The van der Waals surface area contributed by atoms with Crippen LogP contribution in [0.3, 0.4) is 0 Å². The zero-order valence-corrected chi connectivity index (χ0v) is 13.4. The number of likely N-dealkylation sites (tertiary alicyclic amines) is 1. The molecule has 8 heteroatoms. The molecule has 2 amide bonds. The molecule has 0 spiro atoms. The molecule has 7 nitrogen and oxygen atoms in total. The zero-order chi connectivity index (χ0) is 17.8. The fourth-order valence-corrected chi connectivity index (χ4v) is 2.72. The second-order valence-corrected chi connectivity index (χ2v) is 5.85. The molecule has 25 heavy (non-hydrogen) atoms. The van der Waals surface area contributed by atoms with Gasteiger partial charge in [0.2, 0.25) is 0 Å². The number of benzene rings is 1. The van der Waals surface area contributed by atoms with Crippen LogP contribution in [0.4, 0.5) is 4.39 Å². The van der Waals surface area contributed by atoms with E-state index >= 15 is 0 Å². The number of H-pyrrole nitrogens is 1. The maximum atomic E-state index is 12.9. The van der Waals surface area contributed by atoms with Crippen molar-refractivity contribution < 1.29 is 14.0 Å². The summed E-state index contributed by atoms with van der Waals surface area (Å²) in [4.78, 5) is 37.1. The van der Waals surface area contributed by atoms with Crippen molar-refractivity contribution in [3.05, 3.63) is 63.8 Å². The molecule has 1 aliphatic heterocycles. The van der Waals surface area contributed by atoms with Crippen molar-refractivity contribution in [2.75, 3.05) is 13.1 Å². The first-order chi connectivity index (χ1) is 12.0. The molecule has 0 atom stereocenters. The van der Waals surface area contributed by atoms with Crippen LogP contribution in [0.15, 0.2) is 41.2 Å². The lowest BCUT2D eigenvalue weighted by Crippen LogP contribution is -2.46. The van der Waals surface area contributed by atoms with Gasteiger partial charge in [-0.2, -0.15) is 5.10 Å². The number of halogens is 1. The quantitative estimate of drug-likeness (QED) is 0.866. The van der Waals surface area contributed by atoms with E-state index in [-0.39, 0.29) is 34.9 Å². The summed E-state index contributed by atoms with van der Waals surface area (Å²) in [5.74, 6) is -0.897. The number of carbonyl (C=O) groups is 2. The van der Waals surface area contributed by atoms with Crippen LogP contribution in [0.25, 0.3) is 0 Å². The lowest BCUT2D eigenvalue weighted by Gasteiger charge is -2.32. The number of aromatic amines is 1. The summed E-state index contributed by atoms with van der Waals surface area (Å²) in [5, 5.41) is 8.88.